The van der Waals surface area contributed by atoms with Crippen molar-refractivity contribution in [3.63, 3.8) is 0 Å². The van der Waals surface area contributed by atoms with Crippen molar-refractivity contribution in [3.05, 3.63) is 52.5 Å². The van der Waals surface area contributed by atoms with Gasteiger partial charge in [-0.2, -0.15) is 0 Å². The van der Waals surface area contributed by atoms with Crippen molar-refractivity contribution in [2.75, 3.05) is 7.11 Å². The highest BCUT2D eigenvalue weighted by Crippen LogP contribution is 2.68. The molecule has 4 aliphatic carbocycles. The number of amidine groups is 1. The molecule has 0 bridgehead atoms. The molecule has 0 aromatic heterocycles. The average molecular weight is 548 g/mol. The first-order chi connectivity index (χ1) is 18.7. The Kier molecular flexibility index (Phi) is 6.11. The van der Waals surface area contributed by atoms with Crippen LogP contribution in [0.2, 0.25) is 0 Å². The second kappa shape index (κ2) is 9.22. The van der Waals surface area contributed by atoms with E-state index in [0.29, 0.717) is 29.5 Å². The molecule has 2 aliphatic heterocycles. The number of hydrogen-bond acceptors (Lipinski definition) is 6. The summed E-state index contributed by atoms with van der Waals surface area (Å²) in [7, 11) is 1.64. The number of aliphatic hydroxyl groups is 1. The smallest absolute Gasteiger partial charge is 0.252 e. The molecule has 3 saturated carbocycles. The molecular formula is C32H41N3O3S. The van der Waals surface area contributed by atoms with E-state index in [1.807, 2.05) is 24.3 Å². The molecule has 2 heterocycles. The summed E-state index contributed by atoms with van der Waals surface area (Å²) in [6, 6.07) is 7.58. The van der Waals surface area contributed by atoms with Crippen molar-refractivity contribution in [3.8, 4) is 5.75 Å². The molecule has 0 saturated heterocycles. The van der Waals surface area contributed by atoms with Crippen molar-refractivity contribution >= 4 is 23.5 Å². The molecule has 9 atom stereocenters. The number of aliphatic imine (C=N–C) groups is 1. The van der Waals surface area contributed by atoms with Crippen LogP contribution in [-0.2, 0) is 4.79 Å². The van der Waals surface area contributed by atoms with E-state index in [2.05, 4.69) is 25.3 Å². The molecule has 208 valence electrons. The number of hydrogen-bond donors (Lipinski definition) is 2. The molecule has 0 radical (unpaired) electrons. The summed E-state index contributed by atoms with van der Waals surface area (Å²) in [5.74, 6) is 9.96. The molecule has 3 N–H and O–H groups in total. The summed E-state index contributed by atoms with van der Waals surface area (Å²) < 4.78 is 5.29. The van der Waals surface area contributed by atoms with E-state index >= 15 is 0 Å². The number of methoxy groups -OCH3 is 1. The average Bonchev–Trinajstić information content (AvgIpc) is 3.51. The number of ether oxygens (including phenoxy) is 1. The molecule has 3 unspecified atom stereocenters. The van der Waals surface area contributed by atoms with E-state index in [-0.39, 0.29) is 34.1 Å². The Morgan fingerprint density at radius 1 is 1.10 bits per heavy atom. The van der Waals surface area contributed by atoms with Crippen molar-refractivity contribution < 1.29 is 14.6 Å². The Bertz CT molecular complexity index is 1270. The maximum Gasteiger partial charge on any atom is 0.252 e. The summed E-state index contributed by atoms with van der Waals surface area (Å²) in [6.45, 7) is 5.02. The lowest BCUT2D eigenvalue weighted by Gasteiger charge is -2.58. The highest BCUT2D eigenvalue weighted by Gasteiger charge is 2.60. The monoisotopic (exact) mass is 547 g/mol. The molecule has 0 spiro atoms. The van der Waals surface area contributed by atoms with E-state index in [1.54, 1.807) is 18.9 Å². The van der Waals surface area contributed by atoms with Gasteiger partial charge in [-0.25, -0.2) is 10.9 Å². The summed E-state index contributed by atoms with van der Waals surface area (Å²) in [5, 5.41) is 13.8. The number of thioether (sulfide) groups is 1. The normalized spacial score (nSPS) is 43.0. The number of hydrazine groups is 1. The largest absolute Gasteiger partial charge is 0.497 e. The molecule has 6 aliphatic rings. The molecular weight excluding hydrogens is 506 g/mol. The summed E-state index contributed by atoms with van der Waals surface area (Å²) in [5.41, 5.74) is 4.10. The van der Waals surface area contributed by atoms with Gasteiger partial charge >= 0.3 is 0 Å². The number of nitrogens with zero attached hydrogens (tertiary/aromatic N) is 2. The van der Waals surface area contributed by atoms with Gasteiger partial charge in [0, 0.05) is 5.56 Å². The number of carbonyl (C=O) groups is 1. The number of rotatable bonds is 3. The second-order valence-electron chi connectivity index (χ2n) is 13.3. The number of fused-ring (bicyclic) bond motifs is 6. The first-order valence-corrected chi connectivity index (χ1v) is 15.7. The SMILES string of the molecule is COc1ccc(C2=NC3SC=C([C@H]4CC[C@H]5[C@@H]6CC=C7CC(O)CC[C@]7(C)[C@H]6CC[C@]45C)C3C(=O)N2N)cc1. The van der Waals surface area contributed by atoms with Crippen molar-refractivity contribution in [2.45, 2.75) is 76.7 Å². The topological polar surface area (TPSA) is 88.2 Å². The van der Waals surface area contributed by atoms with Crippen LogP contribution in [0.5, 0.6) is 5.75 Å². The fourth-order valence-electron chi connectivity index (χ4n) is 9.71. The molecule has 7 heteroatoms. The van der Waals surface area contributed by atoms with Gasteiger partial charge in [0.25, 0.3) is 5.91 Å². The minimum atomic E-state index is -0.268. The lowest BCUT2D eigenvalue weighted by atomic mass is 9.47. The summed E-state index contributed by atoms with van der Waals surface area (Å²) in [6.07, 6.45) is 11.3. The zero-order valence-corrected chi connectivity index (χ0v) is 24.1. The Morgan fingerprint density at radius 3 is 2.67 bits per heavy atom. The zero-order chi connectivity index (χ0) is 27.1. The van der Waals surface area contributed by atoms with Crippen LogP contribution in [0.25, 0.3) is 0 Å². The first kappa shape index (κ1) is 25.8. The van der Waals surface area contributed by atoms with Gasteiger partial charge in [-0.1, -0.05) is 25.5 Å². The fourth-order valence-corrected chi connectivity index (χ4v) is 10.9. The van der Waals surface area contributed by atoms with Crippen LogP contribution in [0.15, 0.2) is 51.9 Å². The van der Waals surface area contributed by atoms with Gasteiger partial charge in [-0.3, -0.25) is 9.79 Å². The standard InChI is InChI=1S/C32H41N3O3S/c1-31-14-12-20(36)16-19(31)6-9-22-24-10-11-25(32(24,2)15-13-26(22)31)23-17-39-29-27(23)30(37)35(33)28(34-29)18-4-7-21(38-3)8-5-18/h4-8,17,20,22,24-27,29,36H,9-16,33H2,1-3H3/t20?,22-,24-,25+,26-,27?,29?,31-,32-/m0/s1. The van der Waals surface area contributed by atoms with Gasteiger partial charge in [0.05, 0.1) is 19.1 Å². The quantitative estimate of drug-likeness (QED) is 0.289. The first-order valence-electron chi connectivity index (χ1n) is 14.8. The van der Waals surface area contributed by atoms with E-state index in [4.69, 9.17) is 15.6 Å². The van der Waals surface area contributed by atoms with Gasteiger partial charge in [0.1, 0.15) is 11.1 Å². The fraction of sp³-hybridized carbons (Fsp3) is 0.625. The Balaban J connectivity index is 1.14. The molecule has 1 aromatic rings. The number of amides is 1. The van der Waals surface area contributed by atoms with Crippen LogP contribution in [0.3, 0.4) is 0 Å². The highest BCUT2D eigenvalue weighted by atomic mass is 32.2. The minimum absolute atomic E-state index is 0.0312. The maximum absolute atomic E-state index is 13.8. The number of benzene rings is 1. The number of nitrogens with two attached hydrogens (primary N) is 1. The summed E-state index contributed by atoms with van der Waals surface area (Å²) in [4.78, 5) is 18.8. The number of allylic oxidation sites excluding steroid dienone is 1. The molecule has 3 fully saturated rings. The van der Waals surface area contributed by atoms with Crippen LogP contribution in [0, 0.1) is 40.4 Å². The van der Waals surface area contributed by atoms with Gasteiger partial charge in [-0.05, 0) is 121 Å². The van der Waals surface area contributed by atoms with Gasteiger partial charge < -0.3 is 9.84 Å². The molecule has 6 nitrogen and oxygen atoms in total. The lowest BCUT2D eigenvalue weighted by Crippen LogP contribution is -2.53. The Hall–Kier alpha value is -2.09. The third-order valence-corrected chi connectivity index (χ3v) is 12.9. The molecule has 7 rings (SSSR count). The minimum Gasteiger partial charge on any atom is -0.497 e. The van der Waals surface area contributed by atoms with E-state index < -0.39 is 0 Å². The Labute approximate surface area is 236 Å². The molecule has 1 aromatic carbocycles. The second-order valence-corrected chi connectivity index (χ2v) is 14.3. The van der Waals surface area contributed by atoms with E-state index in [9.17, 15) is 9.90 Å². The zero-order valence-electron chi connectivity index (χ0n) is 23.3. The Morgan fingerprint density at radius 2 is 1.90 bits per heavy atom. The predicted octanol–water partition coefficient (Wildman–Crippen LogP) is 5.67. The third-order valence-electron chi connectivity index (χ3n) is 11.8. The van der Waals surface area contributed by atoms with Crippen LogP contribution < -0.4 is 10.6 Å². The maximum atomic E-state index is 13.8. The van der Waals surface area contributed by atoms with Crippen molar-refractivity contribution in [1.29, 1.82) is 0 Å². The number of aliphatic hydroxyl groups excluding tert-OH is 1. The van der Waals surface area contributed by atoms with Gasteiger partial charge in [0.2, 0.25) is 0 Å². The van der Waals surface area contributed by atoms with Crippen LogP contribution in [0.4, 0.5) is 0 Å². The van der Waals surface area contributed by atoms with Crippen LogP contribution >= 0.6 is 11.8 Å². The van der Waals surface area contributed by atoms with E-state index in [0.717, 1.165) is 43.4 Å². The summed E-state index contributed by atoms with van der Waals surface area (Å²) >= 11 is 1.70. The van der Waals surface area contributed by atoms with Crippen LogP contribution in [-0.4, -0.2) is 40.4 Å². The molecule has 1 amide bonds. The van der Waals surface area contributed by atoms with Crippen molar-refractivity contribution in [1.82, 2.24) is 5.01 Å². The molecule has 39 heavy (non-hydrogen) atoms. The van der Waals surface area contributed by atoms with Crippen LogP contribution in [0.1, 0.15) is 70.8 Å². The van der Waals surface area contributed by atoms with Crippen molar-refractivity contribution in [2.24, 2.45) is 51.3 Å². The third kappa shape index (κ3) is 3.75. The predicted molar refractivity (Wildman–Crippen MR) is 155 cm³/mol. The van der Waals surface area contributed by atoms with Gasteiger partial charge in [-0.15, -0.1) is 11.8 Å². The lowest BCUT2D eigenvalue weighted by molar-refractivity contribution is -0.131. The number of carbonyl (C=O) groups excluding carboxylic acids is 1. The van der Waals surface area contributed by atoms with E-state index in [1.165, 1.54) is 35.4 Å². The highest BCUT2D eigenvalue weighted by molar-refractivity contribution is 8.03. The van der Waals surface area contributed by atoms with Gasteiger partial charge in [0.15, 0.2) is 5.84 Å².